The molecular weight excluding hydrogens is 175 g/mol. The molecule has 0 atom stereocenters. The summed E-state index contributed by atoms with van der Waals surface area (Å²) >= 11 is 0. The third-order valence-electron chi connectivity index (χ3n) is 1.14. The molecule has 0 aromatic heterocycles. The Balaban J connectivity index is 4.18. The van der Waals surface area contributed by atoms with Crippen LogP contribution in [0.4, 0.5) is 0 Å². The lowest BCUT2D eigenvalue weighted by atomic mass is 10.5. The molecule has 0 aliphatic heterocycles. The van der Waals surface area contributed by atoms with Crippen molar-refractivity contribution in [1.29, 1.82) is 0 Å². The lowest BCUT2D eigenvalue weighted by molar-refractivity contribution is 0.229. The third kappa shape index (κ3) is 4.70. The molecule has 0 saturated carbocycles. The number of hydrogen-bond acceptors (Lipinski definition) is 3. The highest BCUT2D eigenvalue weighted by atomic mass is 31.2. The zero-order valence-corrected chi connectivity index (χ0v) is 8.84. The van der Waals surface area contributed by atoms with Crippen molar-refractivity contribution in [2.24, 2.45) is 0 Å². The summed E-state index contributed by atoms with van der Waals surface area (Å²) in [5.41, 5.74) is 0. The molecule has 0 aromatic rings. The molecular formula is C8H17O3P. The zero-order chi connectivity index (χ0) is 9.45. The minimum atomic E-state index is -2.92. The second-order valence-electron chi connectivity index (χ2n) is 2.17. The normalized spacial score (nSPS) is 12.6. The standard InChI is InChI=1S/C8H17O3P/c1-4-7-8-12(9,10-5-2)11-6-3/h7-8H,4-6H2,1-3H3. The van der Waals surface area contributed by atoms with Crippen LogP contribution in [0, 0.1) is 0 Å². The SMILES string of the molecule is CCC=CP(=O)(OCC)OCC. The Bertz CT molecular complexity index is 167. The Hall–Kier alpha value is -0.110. The van der Waals surface area contributed by atoms with E-state index < -0.39 is 7.60 Å². The summed E-state index contributed by atoms with van der Waals surface area (Å²) in [5.74, 6) is 1.53. The summed E-state index contributed by atoms with van der Waals surface area (Å²) in [7, 11) is -2.92. The van der Waals surface area contributed by atoms with Gasteiger partial charge in [-0.25, -0.2) is 0 Å². The van der Waals surface area contributed by atoms with Crippen molar-refractivity contribution in [2.45, 2.75) is 27.2 Å². The summed E-state index contributed by atoms with van der Waals surface area (Å²) in [6, 6.07) is 0. The van der Waals surface area contributed by atoms with Crippen molar-refractivity contribution in [1.82, 2.24) is 0 Å². The molecule has 0 fully saturated rings. The fourth-order valence-electron chi connectivity index (χ4n) is 0.718. The van der Waals surface area contributed by atoms with Gasteiger partial charge in [0.1, 0.15) is 0 Å². The van der Waals surface area contributed by atoms with Gasteiger partial charge in [0.2, 0.25) is 0 Å². The van der Waals surface area contributed by atoms with Gasteiger partial charge in [-0.05, 0) is 20.3 Å². The van der Waals surface area contributed by atoms with E-state index in [9.17, 15) is 4.57 Å². The van der Waals surface area contributed by atoms with Crippen LogP contribution in [-0.4, -0.2) is 13.2 Å². The minimum absolute atomic E-state index is 0.408. The monoisotopic (exact) mass is 192 g/mol. The Morgan fingerprint density at radius 1 is 1.17 bits per heavy atom. The molecule has 0 bridgehead atoms. The smallest absolute Gasteiger partial charge is 0.306 e. The average Bonchev–Trinajstić information content (AvgIpc) is 2.02. The van der Waals surface area contributed by atoms with Gasteiger partial charge in [-0.15, -0.1) is 0 Å². The molecule has 0 aromatic carbocycles. The summed E-state index contributed by atoms with van der Waals surface area (Å²) < 4.78 is 21.7. The number of rotatable bonds is 6. The van der Waals surface area contributed by atoms with E-state index in [1.165, 1.54) is 5.82 Å². The second kappa shape index (κ2) is 6.41. The van der Waals surface area contributed by atoms with Gasteiger partial charge in [0.25, 0.3) is 0 Å². The molecule has 3 nitrogen and oxygen atoms in total. The fourth-order valence-corrected chi connectivity index (χ4v) is 2.15. The molecule has 4 heteroatoms. The van der Waals surface area contributed by atoms with E-state index >= 15 is 0 Å². The minimum Gasteiger partial charge on any atom is -0.306 e. The molecule has 0 saturated heterocycles. The summed E-state index contributed by atoms with van der Waals surface area (Å²) in [5, 5.41) is 0. The molecule has 0 heterocycles. The molecule has 0 radical (unpaired) electrons. The molecule has 0 rings (SSSR count). The van der Waals surface area contributed by atoms with Crippen molar-refractivity contribution in [3.63, 3.8) is 0 Å². The van der Waals surface area contributed by atoms with Crippen molar-refractivity contribution >= 4 is 7.60 Å². The van der Waals surface area contributed by atoms with E-state index in [-0.39, 0.29) is 0 Å². The van der Waals surface area contributed by atoms with E-state index in [2.05, 4.69) is 0 Å². The van der Waals surface area contributed by atoms with Crippen LogP contribution in [0.25, 0.3) is 0 Å². The lowest BCUT2D eigenvalue weighted by Crippen LogP contribution is -1.92. The second-order valence-corrected chi connectivity index (χ2v) is 4.06. The Morgan fingerprint density at radius 2 is 1.67 bits per heavy atom. The number of allylic oxidation sites excluding steroid dienone is 1. The molecule has 12 heavy (non-hydrogen) atoms. The molecule has 72 valence electrons. The van der Waals surface area contributed by atoms with Crippen LogP contribution in [0.15, 0.2) is 11.9 Å². The molecule has 0 spiro atoms. The van der Waals surface area contributed by atoms with E-state index in [0.29, 0.717) is 13.2 Å². The van der Waals surface area contributed by atoms with Gasteiger partial charge in [0.05, 0.1) is 13.2 Å². The van der Waals surface area contributed by atoms with Crippen LogP contribution < -0.4 is 0 Å². The maximum atomic E-state index is 11.6. The predicted octanol–water partition coefficient (Wildman–Crippen LogP) is 3.18. The van der Waals surface area contributed by atoms with Crippen LogP contribution in [0.3, 0.4) is 0 Å². The van der Waals surface area contributed by atoms with Gasteiger partial charge in [0, 0.05) is 5.82 Å². The first kappa shape index (κ1) is 11.9. The van der Waals surface area contributed by atoms with E-state index in [1.807, 2.05) is 6.92 Å². The number of hydrogen-bond donors (Lipinski definition) is 0. The van der Waals surface area contributed by atoms with E-state index in [1.54, 1.807) is 19.9 Å². The van der Waals surface area contributed by atoms with E-state index in [4.69, 9.17) is 9.05 Å². The Labute approximate surface area is 74.3 Å². The van der Waals surface area contributed by atoms with Crippen molar-refractivity contribution in [3.8, 4) is 0 Å². The van der Waals surface area contributed by atoms with Crippen LogP contribution in [-0.2, 0) is 13.6 Å². The summed E-state index contributed by atoms with van der Waals surface area (Å²) in [6.45, 7) is 6.38. The van der Waals surface area contributed by atoms with Gasteiger partial charge < -0.3 is 9.05 Å². The zero-order valence-electron chi connectivity index (χ0n) is 7.95. The Morgan fingerprint density at radius 3 is 2.00 bits per heavy atom. The average molecular weight is 192 g/mol. The molecule has 0 aliphatic rings. The first-order valence-electron chi connectivity index (χ1n) is 4.25. The fraction of sp³-hybridized carbons (Fsp3) is 0.750. The highest BCUT2D eigenvalue weighted by Gasteiger charge is 2.17. The maximum Gasteiger partial charge on any atom is 0.353 e. The first-order chi connectivity index (χ1) is 5.68. The quantitative estimate of drug-likeness (QED) is 0.606. The highest BCUT2D eigenvalue weighted by Crippen LogP contribution is 2.49. The van der Waals surface area contributed by atoms with Crippen molar-refractivity contribution in [3.05, 3.63) is 11.9 Å². The maximum absolute atomic E-state index is 11.6. The van der Waals surface area contributed by atoms with Crippen LogP contribution >= 0.6 is 7.60 Å². The molecule has 0 unspecified atom stereocenters. The molecule has 0 amide bonds. The van der Waals surface area contributed by atoms with Crippen molar-refractivity contribution in [2.75, 3.05) is 13.2 Å². The molecule has 0 aliphatic carbocycles. The van der Waals surface area contributed by atoms with Crippen LogP contribution in [0.2, 0.25) is 0 Å². The van der Waals surface area contributed by atoms with Gasteiger partial charge in [-0.3, -0.25) is 4.57 Å². The highest BCUT2D eigenvalue weighted by molar-refractivity contribution is 7.57. The van der Waals surface area contributed by atoms with Gasteiger partial charge in [-0.1, -0.05) is 13.0 Å². The van der Waals surface area contributed by atoms with Gasteiger partial charge >= 0.3 is 7.60 Å². The van der Waals surface area contributed by atoms with Crippen LogP contribution in [0.5, 0.6) is 0 Å². The Kier molecular flexibility index (Phi) is 6.35. The summed E-state index contributed by atoms with van der Waals surface area (Å²) in [4.78, 5) is 0. The predicted molar refractivity (Wildman–Crippen MR) is 50.3 cm³/mol. The van der Waals surface area contributed by atoms with Gasteiger partial charge in [-0.2, -0.15) is 0 Å². The largest absolute Gasteiger partial charge is 0.353 e. The third-order valence-corrected chi connectivity index (χ3v) is 2.95. The van der Waals surface area contributed by atoms with Gasteiger partial charge in [0.15, 0.2) is 0 Å². The lowest BCUT2D eigenvalue weighted by Gasteiger charge is -2.12. The van der Waals surface area contributed by atoms with E-state index in [0.717, 1.165) is 6.42 Å². The van der Waals surface area contributed by atoms with Crippen molar-refractivity contribution < 1.29 is 13.6 Å². The van der Waals surface area contributed by atoms with Crippen LogP contribution in [0.1, 0.15) is 27.2 Å². The summed E-state index contributed by atoms with van der Waals surface area (Å²) in [6.07, 6.45) is 2.64. The topological polar surface area (TPSA) is 35.5 Å². The first-order valence-corrected chi connectivity index (χ1v) is 5.86. The molecule has 0 N–H and O–H groups in total.